The van der Waals surface area contributed by atoms with Crippen molar-refractivity contribution >= 4 is 11.6 Å². The number of amides is 1. The summed E-state index contributed by atoms with van der Waals surface area (Å²) in [6.07, 6.45) is 6.52. The molecule has 0 unspecified atom stereocenters. The molecular weight excluding hydrogens is 220 g/mol. The minimum atomic E-state index is -0.338. The van der Waals surface area contributed by atoms with Crippen molar-refractivity contribution in [2.45, 2.75) is 6.54 Å². The molecule has 0 aliphatic heterocycles. The average Bonchev–Trinajstić information content (AvgIpc) is 2.28. The van der Waals surface area contributed by atoms with Gasteiger partial charge < -0.3 is 10.2 Å². The third kappa shape index (κ3) is 3.65. The van der Waals surface area contributed by atoms with Crippen LogP contribution in [0.3, 0.4) is 0 Å². The lowest BCUT2D eigenvalue weighted by atomic mass is 10.4. The van der Waals surface area contributed by atoms with E-state index < -0.39 is 0 Å². The fraction of sp³-hybridized carbons (Fsp3) is 0.364. The van der Waals surface area contributed by atoms with Gasteiger partial charge in [0.15, 0.2) is 0 Å². The minimum Gasteiger partial charge on any atom is -0.376 e. The Hall–Kier alpha value is -2.29. The van der Waals surface area contributed by atoms with Crippen LogP contribution in [-0.2, 0) is 11.3 Å². The number of hydrogen-bond acceptors (Lipinski definition) is 4. The van der Waals surface area contributed by atoms with Crippen molar-refractivity contribution in [2.24, 2.45) is 0 Å². The van der Waals surface area contributed by atoms with Gasteiger partial charge in [-0.2, -0.15) is 5.10 Å². The third-order valence-electron chi connectivity index (χ3n) is 2.05. The third-order valence-corrected chi connectivity index (χ3v) is 2.05. The van der Waals surface area contributed by atoms with Crippen LogP contribution >= 0.6 is 0 Å². The molecular formula is C11H14N4O2. The molecule has 1 aromatic rings. The number of carbonyl (C=O) groups is 1. The molecule has 0 radical (unpaired) electrons. The average molecular weight is 234 g/mol. The number of carbonyl (C=O) groups excluding carboxylic acids is 1. The monoisotopic (exact) mass is 234 g/mol. The van der Waals surface area contributed by atoms with E-state index >= 15 is 0 Å². The Morgan fingerprint density at radius 3 is 2.88 bits per heavy atom. The predicted octanol–water partition coefficient (Wildman–Crippen LogP) is -0.941. The summed E-state index contributed by atoms with van der Waals surface area (Å²) in [5, 5.41) is 6.36. The van der Waals surface area contributed by atoms with E-state index in [2.05, 4.69) is 16.3 Å². The summed E-state index contributed by atoms with van der Waals surface area (Å²) in [4.78, 5) is 24.7. The molecule has 0 aliphatic carbocycles. The summed E-state index contributed by atoms with van der Waals surface area (Å²) >= 11 is 0. The van der Waals surface area contributed by atoms with E-state index in [4.69, 9.17) is 6.42 Å². The van der Waals surface area contributed by atoms with E-state index in [1.54, 1.807) is 19.0 Å². The van der Waals surface area contributed by atoms with Crippen molar-refractivity contribution < 1.29 is 4.79 Å². The van der Waals surface area contributed by atoms with E-state index in [-0.39, 0.29) is 24.6 Å². The van der Waals surface area contributed by atoms with Crippen LogP contribution in [0.2, 0.25) is 0 Å². The zero-order chi connectivity index (χ0) is 12.8. The van der Waals surface area contributed by atoms with Crippen molar-refractivity contribution in [1.82, 2.24) is 15.1 Å². The summed E-state index contributed by atoms with van der Waals surface area (Å²) in [5.41, 5.74) is 0.363. The van der Waals surface area contributed by atoms with Gasteiger partial charge in [0.2, 0.25) is 5.91 Å². The van der Waals surface area contributed by atoms with Gasteiger partial charge in [-0.15, -0.1) is 6.42 Å². The van der Waals surface area contributed by atoms with E-state index in [1.165, 1.54) is 12.3 Å². The lowest BCUT2D eigenvalue weighted by Gasteiger charge is -2.12. The van der Waals surface area contributed by atoms with Crippen LogP contribution in [0.5, 0.6) is 0 Å². The topological polar surface area (TPSA) is 67.2 Å². The molecule has 1 N–H and O–H groups in total. The van der Waals surface area contributed by atoms with Crippen LogP contribution in [0.15, 0.2) is 17.1 Å². The summed E-state index contributed by atoms with van der Waals surface area (Å²) < 4.78 is 1.08. The summed E-state index contributed by atoms with van der Waals surface area (Å²) in [6.45, 7) is 0.0115. The van der Waals surface area contributed by atoms with Gasteiger partial charge in [0.05, 0.1) is 18.4 Å². The van der Waals surface area contributed by atoms with Gasteiger partial charge in [0, 0.05) is 20.2 Å². The van der Waals surface area contributed by atoms with Gasteiger partial charge >= 0.3 is 0 Å². The molecule has 0 fully saturated rings. The summed E-state index contributed by atoms with van der Waals surface area (Å²) in [6, 6.07) is 1.42. The van der Waals surface area contributed by atoms with Crippen LogP contribution in [0.25, 0.3) is 0 Å². The number of aromatic nitrogens is 2. The lowest BCUT2D eigenvalue weighted by molar-refractivity contribution is -0.121. The van der Waals surface area contributed by atoms with Gasteiger partial charge in [-0.1, -0.05) is 5.92 Å². The Balaban J connectivity index is 2.77. The first kappa shape index (κ1) is 12.8. The van der Waals surface area contributed by atoms with Crippen molar-refractivity contribution in [1.29, 1.82) is 0 Å². The Morgan fingerprint density at radius 1 is 1.65 bits per heavy atom. The molecule has 1 rings (SSSR count). The Morgan fingerprint density at radius 2 is 2.35 bits per heavy atom. The van der Waals surface area contributed by atoms with Crippen LogP contribution in [0.1, 0.15) is 0 Å². The van der Waals surface area contributed by atoms with E-state index in [0.717, 1.165) is 4.68 Å². The normalized spacial score (nSPS) is 9.47. The number of terminal acetylenes is 1. The number of nitrogens with one attached hydrogen (secondary N) is 1. The number of hydrogen-bond donors (Lipinski definition) is 1. The number of nitrogens with zero attached hydrogens (tertiary/aromatic N) is 3. The van der Waals surface area contributed by atoms with Gasteiger partial charge in [-0.3, -0.25) is 9.59 Å². The molecule has 0 spiro atoms. The van der Waals surface area contributed by atoms with Gasteiger partial charge in [0.25, 0.3) is 5.56 Å². The molecule has 6 heteroatoms. The van der Waals surface area contributed by atoms with Crippen molar-refractivity contribution in [2.75, 3.05) is 25.5 Å². The second-order valence-corrected chi connectivity index (χ2v) is 3.58. The number of rotatable bonds is 4. The fourth-order valence-electron chi connectivity index (χ4n) is 1.13. The Bertz CT molecular complexity index is 499. The molecule has 1 heterocycles. The molecule has 0 bridgehead atoms. The molecule has 0 atom stereocenters. The largest absolute Gasteiger partial charge is 0.376 e. The van der Waals surface area contributed by atoms with Crippen LogP contribution in [0, 0.1) is 12.3 Å². The highest BCUT2D eigenvalue weighted by molar-refractivity contribution is 5.75. The van der Waals surface area contributed by atoms with Crippen LogP contribution in [-0.4, -0.2) is 36.3 Å². The standard InChI is InChI=1S/C11H14N4O2/c1-4-5-12-10(16)8-15-11(17)6-9(7-13-15)14(2)3/h1,6-7H,5,8H2,2-3H3,(H,12,16). The highest BCUT2D eigenvalue weighted by Gasteiger charge is 2.06. The minimum absolute atomic E-state index is 0.131. The predicted molar refractivity (Wildman–Crippen MR) is 64.7 cm³/mol. The first-order valence-electron chi connectivity index (χ1n) is 4.99. The van der Waals surface area contributed by atoms with Gasteiger partial charge in [-0.25, -0.2) is 4.68 Å². The second kappa shape index (κ2) is 5.70. The Labute approximate surface area is 99.2 Å². The SMILES string of the molecule is C#CCNC(=O)Cn1ncc(N(C)C)cc1=O. The molecule has 1 amide bonds. The maximum atomic E-state index is 11.6. The molecule has 0 aromatic carbocycles. The van der Waals surface area contributed by atoms with Crippen molar-refractivity contribution in [3.63, 3.8) is 0 Å². The highest BCUT2D eigenvalue weighted by Crippen LogP contribution is 2.02. The maximum absolute atomic E-state index is 11.6. The second-order valence-electron chi connectivity index (χ2n) is 3.58. The molecule has 0 saturated carbocycles. The smallest absolute Gasteiger partial charge is 0.269 e. The maximum Gasteiger partial charge on any atom is 0.269 e. The van der Waals surface area contributed by atoms with E-state index in [1.807, 2.05) is 0 Å². The van der Waals surface area contributed by atoms with Crippen LogP contribution in [0.4, 0.5) is 5.69 Å². The molecule has 17 heavy (non-hydrogen) atoms. The summed E-state index contributed by atoms with van der Waals surface area (Å²) in [7, 11) is 3.61. The van der Waals surface area contributed by atoms with Crippen molar-refractivity contribution in [3.8, 4) is 12.3 Å². The highest BCUT2D eigenvalue weighted by atomic mass is 16.2. The zero-order valence-electron chi connectivity index (χ0n) is 9.80. The van der Waals surface area contributed by atoms with Gasteiger partial charge in [0.1, 0.15) is 6.54 Å². The van der Waals surface area contributed by atoms with E-state index in [0.29, 0.717) is 5.69 Å². The Kier molecular flexibility index (Phi) is 4.29. The van der Waals surface area contributed by atoms with Gasteiger partial charge in [-0.05, 0) is 0 Å². The first-order chi connectivity index (χ1) is 8.04. The first-order valence-corrected chi connectivity index (χ1v) is 4.99. The fourth-order valence-corrected chi connectivity index (χ4v) is 1.13. The quantitative estimate of drug-likeness (QED) is 0.683. The van der Waals surface area contributed by atoms with E-state index in [9.17, 15) is 9.59 Å². The van der Waals surface area contributed by atoms with Crippen LogP contribution < -0.4 is 15.8 Å². The number of anilines is 1. The molecule has 0 aliphatic rings. The molecule has 1 aromatic heterocycles. The van der Waals surface area contributed by atoms with Crippen molar-refractivity contribution in [3.05, 3.63) is 22.6 Å². The molecule has 6 nitrogen and oxygen atoms in total. The summed E-state index contributed by atoms with van der Waals surface area (Å²) in [5.74, 6) is 1.94. The molecule has 0 saturated heterocycles. The lowest BCUT2D eigenvalue weighted by Crippen LogP contribution is -2.33. The zero-order valence-corrected chi connectivity index (χ0v) is 9.80. The molecule has 90 valence electrons.